The van der Waals surface area contributed by atoms with E-state index < -0.39 is 0 Å². The minimum Gasteiger partial charge on any atom is -0.0999 e. The van der Waals surface area contributed by atoms with Crippen molar-refractivity contribution in [3.8, 4) is 11.1 Å². The van der Waals surface area contributed by atoms with E-state index in [0.29, 0.717) is 0 Å². The van der Waals surface area contributed by atoms with Gasteiger partial charge in [-0.25, -0.2) is 0 Å². The Morgan fingerprint density at radius 1 is 0.951 bits per heavy atom. The third-order valence-corrected chi connectivity index (χ3v) is 11.4. The van der Waals surface area contributed by atoms with Crippen molar-refractivity contribution < 1.29 is 0 Å². The first-order valence-electron chi connectivity index (χ1n) is 15.5. The number of hydrogen-bond donors (Lipinski definition) is 0. The van der Waals surface area contributed by atoms with Crippen molar-refractivity contribution in [3.05, 3.63) is 124 Å². The summed E-state index contributed by atoms with van der Waals surface area (Å²) in [4.78, 5) is 0. The molecule has 0 heterocycles. The van der Waals surface area contributed by atoms with Crippen LogP contribution in [0.3, 0.4) is 0 Å². The van der Waals surface area contributed by atoms with Gasteiger partial charge >= 0.3 is 0 Å². The molecule has 0 saturated heterocycles. The maximum absolute atomic E-state index is 4.93. The van der Waals surface area contributed by atoms with E-state index >= 15 is 0 Å². The van der Waals surface area contributed by atoms with Crippen LogP contribution in [-0.4, -0.2) is 0 Å². The molecule has 5 rings (SSSR count). The van der Waals surface area contributed by atoms with Crippen LogP contribution in [0.5, 0.6) is 0 Å². The molecule has 2 aromatic rings. The highest BCUT2D eigenvalue weighted by atomic mass is 14.6. The summed E-state index contributed by atoms with van der Waals surface area (Å²) in [6.45, 7) is 37.3. The van der Waals surface area contributed by atoms with Crippen LogP contribution >= 0.6 is 0 Å². The molecule has 3 aliphatic carbocycles. The van der Waals surface area contributed by atoms with Gasteiger partial charge in [0, 0.05) is 5.41 Å². The number of rotatable bonds is 6. The summed E-state index contributed by atoms with van der Waals surface area (Å²) in [7, 11) is 0. The highest BCUT2D eigenvalue weighted by Crippen LogP contribution is 2.70. The average molecular weight is 543 g/mol. The zero-order valence-corrected chi connectivity index (χ0v) is 27.0. The molecular formula is C41H50. The first kappa shape index (κ1) is 29.4. The molecule has 0 saturated carbocycles. The molecule has 0 aliphatic heterocycles. The molecule has 0 heteroatoms. The number of hydrogen-bond acceptors (Lipinski definition) is 0. The summed E-state index contributed by atoms with van der Waals surface area (Å²) >= 11 is 0. The van der Waals surface area contributed by atoms with Crippen molar-refractivity contribution in [2.75, 3.05) is 0 Å². The fourth-order valence-electron chi connectivity index (χ4n) is 9.28. The molecule has 2 aromatic carbocycles. The van der Waals surface area contributed by atoms with Gasteiger partial charge in [-0.15, -0.1) is 0 Å². The van der Waals surface area contributed by atoms with E-state index in [1.165, 1.54) is 72.4 Å². The normalized spacial score (nSPS) is 27.4. The van der Waals surface area contributed by atoms with Crippen LogP contribution in [0.4, 0.5) is 0 Å². The molecule has 0 radical (unpaired) electrons. The van der Waals surface area contributed by atoms with Gasteiger partial charge in [0.2, 0.25) is 0 Å². The summed E-state index contributed by atoms with van der Waals surface area (Å²) in [5.41, 5.74) is 19.0. The molecule has 0 unspecified atom stereocenters. The van der Waals surface area contributed by atoms with E-state index in [1.54, 1.807) is 0 Å². The Hall–Kier alpha value is -3.12. The Balaban J connectivity index is 1.77. The predicted octanol–water partition coefficient (Wildman–Crippen LogP) is 11.7. The van der Waals surface area contributed by atoms with Crippen LogP contribution in [0.15, 0.2) is 102 Å². The van der Waals surface area contributed by atoms with Gasteiger partial charge in [-0.2, -0.15) is 0 Å². The summed E-state index contributed by atoms with van der Waals surface area (Å²) in [6.07, 6.45) is 6.32. The van der Waals surface area contributed by atoms with Gasteiger partial charge in [0.15, 0.2) is 0 Å². The SMILES string of the molecule is C=C(CC)CCc1cc(-c2ccccc2)c2c(c1C)C(=C)C1=C(C)[C@@]3(C)C(=C)C(C(=C)C)=C(C)C[C@@]3(C)C[C@@]1(C)C2. The first-order valence-corrected chi connectivity index (χ1v) is 15.5. The minimum absolute atomic E-state index is 0.0116. The van der Waals surface area contributed by atoms with Gasteiger partial charge in [0.1, 0.15) is 0 Å². The fraction of sp³-hybridized carbons (Fsp3) is 0.415. The summed E-state index contributed by atoms with van der Waals surface area (Å²) in [5.74, 6) is 0. The largest absolute Gasteiger partial charge is 0.0999 e. The number of fused-ring (bicyclic) bond motifs is 3. The van der Waals surface area contributed by atoms with Crippen molar-refractivity contribution in [1.82, 2.24) is 0 Å². The molecular weight excluding hydrogens is 492 g/mol. The molecule has 0 nitrogen and oxygen atoms in total. The van der Waals surface area contributed by atoms with Crippen LogP contribution in [0, 0.1) is 23.2 Å². The molecule has 0 amide bonds. The number of aryl methyl sites for hydroxylation is 1. The second kappa shape index (κ2) is 10.0. The van der Waals surface area contributed by atoms with Crippen molar-refractivity contribution in [2.24, 2.45) is 16.2 Å². The maximum Gasteiger partial charge on any atom is 0.0194 e. The fourth-order valence-corrected chi connectivity index (χ4v) is 9.28. The van der Waals surface area contributed by atoms with Crippen molar-refractivity contribution >= 4 is 5.57 Å². The molecule has 0 aromatic heterocycles. The van der Waals surface area contributed by atoms with Gasteiger partial charge in [-0.1, -0.05) is 113 Å². The molecule has 3 atom stereocenters. The van der Waals surface area contributed by atoms with Gasteiger partial charge in [-0.3, -0.25) is 0 Å². The van der Waals surface area contributed by atoms with Gasteiger partial charge in [0.25, 0.3) is 0 Å². The Kier molecular flexibility index (Phi) is 7.17. The lowest BCUT2D eigenvalue weighted by molar-refractivity contribution is 0.0544. The molecule has 3 aliphatic rings. The Bertz CT molecular complexity index is 1570. The molecule has 41 heavy (non-hydrogen) atoms. The van der Waals surface area contributed by atoms with E-state index in [4.69, 9.17) is 13.2 Å². The minimum atomic E-state index is -0.136. The summed E-state index contributed by atoms with van der Waals surface area (Å²) in [6, 6.07) is 13.5. The van der Waals surface area contributed by atoms with Crippen molar-refractivity contribution in [3.63, 3.8) is 0 Å². The number of benzene rings is 2. The van der Waals surface area contributed by atoms with Gasteiger partial charge < -0.3 is 0 Å². The number of allylic oxidation sites excluding steroid dienone is 8. The molecule has 0 spiro atoms. The lowest BCUT2D eigenvalue weighted by atomic mass is 9.41. The monoisotopic (exact) mass is 542 g/mol. The van der Waals surface area contributed by atoms with E-state index in [0.717, 1.165) is 44.1 Å². The van der Waals surface area contributed by atoms with Gasteiger partial charge in [0.05, 0.1) is 0 Å². The van der Waals surface area contributed by atoms with Crippen LogP contribution in [0.25, 0.3) is 16.7 Å². The van der Waals surface area contributed by atoms with Crippen LogP contribution in [-0.2, 0) is 12.8 Å². The molecule has 0 bridgehead atoms. The smallest absolute Gasteiger partial charge is 0.0194 e. The van der Waals surface area contributed by atoms with E-state index in [9.17, 15) is 0 Å². The first-order chi connectivity index (χ1) is 19.2. The molecule has 214 valence electrons. The topological polar surface area (TPSA) is 0 Å². The average Bonchev–Trinajstić information content (AvgIpc) is 2.90. The standard InChI is InChI=1S/C41H50/c1-13-26(4)19-20-33-21-34(32-17-15-14-16-18-32)35-23-39(10)24-40(11)22-27(5)36(25(2)3)30(8)41(40,12)31(9)38(39)29(7)37(35)28(33)6/h14-18,21H,2,4,7-8,13,19-20,22-24H2,1,3,5-6,9-12H3/t39-,40+,41-/m1/s1. The third kappa shape index (κ3) is 4.24. The predicted molar refractivity (Wildman–Crippen MR) is 180 cm³/mol. The lowest BCUT2D eigenvalue weighted by Crippen LogP contribution is -2.52. The quantitative estimate of drug-likeness (QED) is 0.318. The molecule has 0 N–H and O–H groups in total. The van der Waals surface area contributed by atoms with E-state index in [1.807, 2.05) is 0 Å². The zero-order chi connectivity index (χ0) is 30.1. The second-order valence-corrected chi connectivity index (χ2v) is 14.2. The lowest BCUT2D eigenvalue weighted by Gasteiger charge is -2.62. The van der Waals surface area contributed by atoms with Crippen LogP contribution in [0.1, 0.15) is 96.4 Å². The Morgan fingerprint density at radius 2 is 1.61 bits per heavy atom. The Morgan fingerprint density at radius 3 is 2.22 bits per heavy atom. The van der Waals surface area contributed by atoms with Crippen molar-refractivity contribution in [2.45, 2.75) is 93.9 Å². The Labute approximate surface area is 250 Å². The van der Waals surface area contributed by atoms with E-state index in [2.05, 4.69) is 105 Å². The van der Waals surface area contributed by atoms with Crippen molar-refractivity contribution in [1.29, 1.82) is 0 Å². The highest BCUT2D eigenvalue weighted by molar-refractivity contribution is 5.90. The summed E-state index contributed by atoms with van der Waals surface area (Å²) < 4.78 is 0. The third-order valence-electron chi connectivity index (χ3n) is 11.4. The summed E-state index contributed by atoms with van der Waals surface area (Å²) in [5, 5.41) is 0. The van der Waals surface area contributed by atoms with Crippen LogP contribution < -0.4 is 0 Å². The maximum atomic E-state index is 4.93. The second-order valence-electron chi connectivity index (χ2n) is 14.2. The van der Waals surface area contributed by atoms with Crippen LogP contribution in [0.2, 0.25) is 0 Å². The molecule has 0 fully saturated rings. The zero-order valence-electron chi connectivity index (χ0n) is 27.0. The van der Waals surface area contributed by atoms with Gasteiger partial charge in [-0.05, 0) is 133 Å². The highest BCUT2D eigenvalue weighted by Gasteiger charge is 2.59. The van der Waals surface area contributed by atoms with E-state index in [-0.39, 0.29) is 16.2 Å².